The molecule has 1 aliphatic carbocycles. The number of hydrogen-bond acceptors (Lipinski definition) is 2. The first kappa shape index (κ1) is 14.1. The summed E-state index contributed by atoms with van der Waals surface area (Å²) >= 11 is 0. The predicted molar refractivity (Wildman–Crippen MR) is 75.8 cm³/mol. The zero-order chi connectivity index (χ0) is 13.6. The number of carbonyl (C=O) groups excluding carboxylic acids is 1. The van der Waals surface area contributed by atoms with Gasteiger partial charge < -0.3 is 10.4 Å². The van der Waals surface area contributed by atoms with Crippen LogP contribution in [0.5, 0.6) is 0 Å². The highest BCUT2D eigenvalue weighted by Gasteiger charge is 2.28. The van der Waals surface area contributed by atoms with Crippen LogP contribution in [-0.4, -0.2) is 23.2 Å². The summed E-state index contributed by atoms with van der Waals surface area (Å²) in [6.07, 6.45) is 6.50. The Morgan fingerprint density at radius 1 is 1.11 bits per heavy atom. The number of carbonyl (C=O) groups is 1. The first-order valence-corrected chi connectivity index (χ1v) is 7.21. The van der Waals surface area contributed by atoms with Crippen LogP contribution < -0.4 is 5.32 Å². The van der Waals surface area contributed by atoms with E-state index in [0.29, 0.717) is 13.0 Å². The van der Waals surface area contributed by atoms with Gasteiger partial charge in [-0.1, -0.05) is 56.0 Å². The van der Waals surface area contributed by atoms with Gasteiger partial charge >= 0.3 is 0 Å². The Kier molecular flexibility index (Phi) is 4.97. The van der Waals surface area contributed by atoms with Crippen molar-refractivity contribution in [2.75, 3.05) is 6.54 Å². The van der Waals surface area contributed by atoms with E-state index in [-0.39, 0.29) is 5.91 Å². The van der Waals surface area contributed by atoms with Crippen molar-refractivity contribution in [1.82, 2.24) is 5.32 Å². The van der Waals surface area contributed by atoms with Gasteiger partial charge in [0.15, 0.2) is 0 Å². The Balaban J connectivity index is 1.79. The molecule has 0 spiro atoms. The van der Waals surface area contributed by atoms with Crippen molar-refractivity contribution < 1.29 is 9.90 Å². The number of amides is 1. The molecule has 0 bridgehead atoms. The third kappa shape index (κ3) is 4.67. The standard InChI is InChI=1S/C16H23NO2/c18-15(12-14-8-4-3-5-9-14)17-13-16(19)10-6-1-2-7-11-16/h3-5,8-9,19H,1-2,6-7,10-13H2,(H,17,18). The molecule has 104 valence electrons. The van der Waals surface area contributed by atoms with Crippen molar-refractivity contribution in [1.29, 1.82) is 0 Å². The lowest BCUT2D eigenvalue weighted by Crippen LogP contribution is -2.43. The van der Waals surface area contributed by atoms with Crippen LogP contribution in [0.25, 0.3) is 0 Å². The van der Waals surface area contributed by atoms with E-state index >= 15 is 0 Å². The summed E-state index contributed by atoms with van der Waals surface area (Å²) in [5.74, 6) is -0.0103. The molecule has 2 rings (SSSR count). The smallest absolute Gasteiger partial charge is 0.224 e. The van der Waals surface area contributed by atoms with Gasteiger partial charge in [-0.15, -0.1) is 0 Å². The van der Waals surface area contributed by atoms with Crippen molar-refractivity contribution >= 4 is 5.91 Å². The summed E-state index contributed by atoms with van der Waals surface area (Å²) in [7, 11) is 0. The summed E-state index contributed by atoms with van der Waals surface area (Å²) in [6, 6.07) is 9.69. The molecule has 0 unspecified atom stereocenters. The van der Waals surface area contributed by atoms with Crippen LogP contribution in [0.15, 0.2) is 30.3 Å². The molecule has 1 aromatic carbocycles. The average molecular weight is 261 g/mol. The second-order valence-electron chi connectivity index (χ2n) is 5.58. The Morgan fingerprint density at radius 2 is 1.74 bits per heavy atom. The third-order valence-electron chi connectivity index (χ3n) is 3.86. The zero-order valence-corrected chi connectivity index (χ0v) is 11.4. The Labute approximate surface area is 115 Å². The minimum absolute atomic E-state index is 0.0103. The summed E-state index contributed by atoms with van der Waals surface area (Å²) in [5.41, 5.74) is 0.316. The van der Waals surface area contributed by atoms with Gasteiger partial charge in [0.1, 0.15) is 0 Å². The molecule has 0 radical (unpaired) electrons. The number of hydrogen-bond donors (Lipinski definition) is 2. The van der Waals surface area contributed by atoms with Gasteiger partial charge in [0.25, 0.3) is 0 Å². The number of nitrogens with one attached hydrogen (secondary N) is 1. The van der Waals surface area contributed by atoms with Crippen LogP contribution in [0.3, 0.4) is 0 Å². The fourth-order valence-electron chi connectivity index (χ4n) is 2.67. The van der Waals surface area contributed by atoms with E-state index in [1.165, 1.54) is 12.8 Å². The molecule has 0 saturated heterocycles. The molecule has 1 aliphatic rings. The second kappa shape index (κ2) is 6.71. The van der Waals surface area contributed by atoms with Crippen molar-refractivity contribution in [3.8, 4) is 0 Å². The van der Waals surface area contributed by atoms with E-state index in [1.54, 1.807) is 0 Å². The number of aliphatic hydroxyl groups is 1. The molecule has 1 aromatic rings. The van der Waals surface area contributed by atoms with E-state index < -0.39 is 5.60 Å². The fraction of sp³-hybridized carbons (Fsp3) is 0.562. The minimum atomic E-state index is -0.692. The predicted octanol–water partition coefficient (Wildman–Crippen LogP) is 2.43. The van der Waals surface area contributed by atoms with Crippen LogP contribution in [0.2, 0.25) is 0 Å². The van der Waals surface area contributed by atoms with E-state index in [2.05, 4.69) is 5.32 Å². The average Bonchev–Trinajstić information content (AvgIpc) is 2.63. The van der Waals surface area contributed by atoms with Crippen molar-refractivity contribution in [3.05, 3.63) is 35.9 Å². The van der Waals surface area contributed by atoms with Gasteiger partial charge in [-0.25, -0.2) is 0 Å². The largest absolute Gasteiger partial charge is 0.388 e. The molecule has 2 N–H and O–H groups in total. The molecule has 19 heavy (non-hydrogen) atoms. The van der Waals surface area contributed by atoms with Gasteiger partial charge in [-0.3, -0.25) is 4.79 Å². The normalized spacial score (nSPS) is 18.6. The van der Waals surface area contributed by atoms with Crippen LogP contribution in [0.1, 0.15) is 44.1 Å². The maximum Gasteiger partial charge on any atom is 0.224 e. The van der Waals surface area contributed by atoms with E-state index in [0.717, 1.165) is 31.2 Å². The Bertz CT molecular complexity index is 394. The SMILES string of the molecule is O=C(Cc1ccccc1)NCC1(O)CCCCCC1. The lowest BCUT2D eigenvalue weighted by atomic mass is 9.94. The van der Waals surface area contributed by atoms with Gasteiger partial charge in [-0.2, -0.15) is 0 Å². The monoisotopic (exact) mass is 261 g/mol. The fourth-order valence-corrected chi connectivity index (χ4v) is 2.67. The summed E-state index contributed by atoms with van der Waals surface area (Å²) < 4.78 is 0. The summed E-state index contributed by atoms with van der Waals surface area (Å²) in [6.45, 7) is 0.388. The molecule has 1 saturated carbocycles. The molecule has 1 amide bonds. The minimum Gasteiger partial charge on any atom is -0.388 e. The molecule has 1 fully saturated rings. The molecule has 3 heteroatoms. The molecule has 0 heterocycles. The van der Waals surface area contributed by atoms with Gasteiger partial charge in [0.2, 0.25) is 5.91 Å². The molecule has 0 aromatic heterocycles. The lowest BCUT2D eigenvalue weighted by Gasteiger charge is -2.26. The lowest BCUT2D eigenvalue weighted by molar-refractivity contribution is -0.121. The van der Waals surface area contributed by atoms with E-state index in [4.69, 9.17) is 0 Å². The highest BCUT2D eigenvalue weighted by atomic mass is 16.3. The maximum absolute atomic E-state index is 11.9. The molecule has 3 nitrogen and oxygen atoms in total. The summed E-state index contributed by atoms with van der Waals surface area (Å²) in [4.78, 5) is 11.9. The highest BCUT2D eigenvalue weighted by molar-refractivity contribution is 5.78. The van der Waals surface area contributed by atoms with Crippen LogP contribution in [0, 0.1) is 0 Å². The van der Waals surface area contributed by atoms with Gasteiger partial charge in [-0.05, 0) is 18.4 Å². The number of rotatable bonds is 4. The van der Waals surface area contributed by atoms with Gasteiger partial charge in [0, 0.05) is 6.54 Å². The van der Waals surface area contributed by atoms with Crippen molar-refractivity contribution in [2.24, 2.45) is 0 Å². The maximum atomic E-state index is 11.9. The Hall–Kier alpha value is -1.35. The van der Waals surface area contributed by atoms with Gasteiger partial charge in [0.05, 0.1) is 12.0 Å². The van der Waals surface area contributed by atoms with E-state index in [9.17, 15) is 9.90 Å². The van der Waals surface area contributed by atoms with Crippen molar-refractivity contribution in [2.45, 2.75) is 50.5 Å². The zero-order valence-electron chi connectivity index (χ0n) is 11.4. The number of benzene rings is 1. The first-order chi connectivity index (χ1) is 9.18. The quantitative estimate of drug-likeness (QED) is 0.818. The molecule has 0 aliphatic heterocycles. The topological polar surface area (TPSA) is 49.3 Å². The van der Waals surface area contributed by atoms with Crippen LogP contribution >= 0.6 is 0 Å². The summed E-state index contributed by atoms with van der Waals surface area (Å²) in [5, 5.41) is 13.3. The molecular weight excluding hydrogens is 238 g/mol. The highest BCUT2D eigenvalue weighted by Crippen LogP contribution is 2.26. The molecule has 0 atom stereocenters. The van der Waals surface area contributed by atoms with Crippen molar-refractivity contribution in [3.63, 3.8) is 0 Å². The second-order valence-corrected chi connectivity index (χ2v) is 5.58. The van der Waals surface area contributed by atoms with E-state index in [1.807, 2.05) is 30.3 Å². The third-order valence-corrected chi connectivity index (χ3v) is 3.86. The Morgan fingerprint density at radius 3 is 2.37 bits per heavy atom. The van der Waals surface area contributed by atoms with Crippen LogP contribution in [0.4, 0.5) is 0 Å². The first-order valence-electron chi connectivity index (χ1n) is 7.21. The van der Waals surface area contributed by atoms with Crippen LogP contribution in [-0.2, 0) is 11.2 Å². The molecular formula is C16H23NO2.